The summed E-state index contributed by atoms with van der Waals surface area (Å²) in [6.07, 6.45) is 3.30. The Kier molecular flexibility index (Phi) is 2.84. The molecule has 19 heavy (non-hydrogen) atoms. The van der Waals surface area contributed by atoms with Crippen molar-refractivity contribution in [3.05, 3.63) is 24.3 Å². The molecule has 0 fully saturated rings. The molecule has 0 saturated heterocycles. The number of nitrogens with zero attached hydrogens (tertiary/aromatic N) is 5. The van der Waals surface area contributed by atoms with Gasteiger partial charge in [0, 0.05) is 6.54 Å². The van der Waals surface area contributed by atoms with E-state index < -0.39 is 0 Å². The van der Waals surface area contributed by atoms with Crippen LogP contribution < -0.4 is 5.73 Å². The van der Waals surface area contributed by atoms with Crippen molar-refractivity contribution in [2.75, 3.05) is 6.54 Å². The molecule has 98 valence electrons. The highest BCUT2D eigenvalue weighted by molar-refractivity contribution is 5.58. The summed E-state index contributed by atoms with van der Waals surface area (Å²) in [5.74, 6) is 1.52. The smallest absolute Gasteiger partial charge is 0.280 e. The third kappa shape index (κ3) is 2.13. The number of rotatable bonds is 4. The number of hydrogen-bond acceptors (Lipinski definition) is 7. The van der Waals surface area contributed by atoms with E-state index in [1.165, 1.54) is 0 Å². The van der Waals surface area contributed by atoms with Crippen LogP contribution in [0.1, 0.15) is 5.76 Å². The molecule has 3 heterocycles. The summed E-state index contributed by atoms with van der Waals surface area (Å²) in [7, 11) is 0. The van der Waals surface area contributed by atoms with Gasteiger partial charge in [-0.1, -0.05) is 10.4 Å². The second kappa shape index (κ2) is 4.65. The van der Waals surface area contributed by atoms with Crippen molar-refractivity contribution in [1.82, 2.24) is 25.1 Å². The number of hydrogen-bond donors (Lipinski definition) is 1. The Morgan fingerprint density at radius 3 is 3.05 bits per heavy atom. The molecule has 0 aliphatic carbocycles. The molecule has 0 aliphatic heterocycles. The summed E-state index contributed by atoms with van der Waals surface area (Å²) in [4.78, 5) is 4.27. The molecule has 0 unspecified atom stereocenters. The van der Waals surface area contributed by atoms with E-state index in [0.29, 0.717) is 30.5 Å². The molecule has 0 aliphatic rings. The maximum atomic E-state index is 5.44. The first-order valence-electron chi connectivity index (χ1n) is 5.76. The van der Waals surface area contributed by atoms with Gasteiger partial charge in [-0.25, -0.2) is 0 Å². The number of aryl methyl sites for hydroxylation is 1. The van der Waals surface area contributed by atoms with E-state index >= 15 is 0 Å². The van der Waals surface area contributed by atoms with E-state index in [1.54, 1.807) is 23.2 Å². The zero-order valence-electron chi connectivity index (χ0n) is 10.3. The predicted molar refractivity (Wildman–Crippen MR) is 64.8 cm³/mol. The highest BCUT2D eigenvalue weighted by Crippen LogP contribution is 2.23. The summed E-state index contributed by atoms with van der Waals surface area (Å²) in [6, 6.07) is 1.79. The molecule has 0 radical (unpaired) electrons. The molecule has 0 atom stereocenters. The summed E-state index contributed by atoms with van der Waals surface area (Å²) < 4.78 is 12.0. The minimum atomic E-state index is 0.318. The summed E-state index contributed by atoms with van der Waals surface area (Å²) in [5.41, 5.74) is 6.76. The standard InChI is InChI=1S/C11H12N6O2/c1-7-8(2-5-18-7)10-13-11(19-15-10)9-6-17(4-3-12)16-14-9/h2,5-6H,3-4,12H2,1H3. The Labute approximate surface area is 108 Å². The molecular formula is C11H12N6O2. The first-order valence-corrected chi connectivity index (χ1v) is 5.76. The highest BCUT2D eigenvalue weighted by atomic mass is 16.5. The lowest BCUT2D eigenvalue weighted by Crippen LogP contribution is -2.10. The van der Waals surface area contributed by atoms with Crippen LogP contribution in [0, 0.1) is 6.92 Å². The number of aromatic nitrogens is 5. The maximum Gasteiger partial charge on any atom is 0.280 e. The fourth-order valence-corrected chi connectivity index (χ4v) is 1.69. The molecule has 0 aromatic carbocycles. The number of furan rings is 1. The van der Waals surface area contributed by atoms with Crippen LogP contribution in [-0.2, 0) is 6.54 Å². The van der Waals surface area contributed by atoms with Crippen LogP contribution in [-0.4, -0.2) is 31.7 Å². The average molecular weight is 260 g/mol. The van der Waals surface area contributed by atoms with Gasteiger partial charge in [0.25, 0.3) is 5.89 Å². The molecule has 0 saturated carbocycles. The molecule has 3 rings (SSSR count). The first-order chi connectivity index (χ1) is 9.28. The monoisotopic (exact) mass is 260 g/mol. The van der Waals surface area contributed by atoms with Crippen LogP contribution in [0.4, 0.5) is 0 Å². The Balaban J connectivity index is 1.90. The van der Waals surface area contributed by atoms with Crippen molar-refractivity contribution in [3.8, 4) is 23.0 Å². The van der Waals surface area contributed by atoms with Crippen molar-refractivity contribution in [2.45, 2.75) is 13.5 Å². The lowest BCUT2D eigenvalue weighted by Gasteiger charge is -1.91. The summed E-state index contributed by atoms with van der Waals surface area (Å²) in [5, 5.41) is 11.8. The first kappa shape index (κ1) is 11.6. The molecule has 8 nitrogen and oxygen atoms in total. The van der Waals surface area contributed by atoms with E-state index in [-0.39, 0.29) is 0 Å². The number of nitrogens with two attached hydrogens (primary N) is 1. The molecular weight excluding hydrogens is 248 g/mol. The van der Waals surface area contributed by atoms with E-state index in [9.17, 15) is 0 Å². The van der Waals surface area contributed by atoms with Gasteiger partial charge in [0.1, 0.15) is 5.76 Å². The normalized spacial score (nSPS) is 11.1. The lowest BCUT2D eigenvalue weighted by molar-refractivity contribution is 0.430. The lowest BCUT2D eigenvalue weighted by atomic mass is 10.2. The Bertz CT molecular complexity index is 683. The van der Waals surface area contributed by atoms with Crippen LogP contribution in [0.2, 0.25) is 0 Å². The average Bonchev–Trinajstić information content (AvgIpc) is 3.08. The zero-order chi connectivity index (χ0) is 13.2. The fraction of sp³-hybridized carbons (Fsp3) is 0.273. The van der Waals surface area contributed by atoms with E-state index in [0.717, 1.165) is 11.3 Å². The second-order valence-electron chi connectivity index (χ2n) is 3.97. The van der Waals surface area contributed by atoms with Gasteiger partial charge in [-0.05, 0) is 13.0 Å². The predicted octanol–water partition coefficient (Wildman–Crippen LogP) is 0.855. The van der Waals surface area contributed by atoms with Gasteiger partial charge in [0.15, 0.2) is 5.69 Å². The summed E-state index contributed by atoms with van der Waals surface area (Å²) in [6.45, 7) is 2.92. The van der Waals surface area contributed by atoms with Gasteiger partial charge >= 0.3 is 0 Å². The third-order valence-electron chi connectivity index (χ3n) is 2.64. The van der Waals surface area contributed by atoms with Crippen molar-refractivity contribution in [1.29, 1.82) is 0 Å². The van der Waals surface area contributed by atoms with Gasteiger partial charge in [-0.15, -0.1) is 5.10 Å². The van der Waals surface area contributed by atoms with Crippen LogP contribution in [0.5, 0.6) is 0 Å². The molecule has 8 heteroatoms. The van der Waals surface area contributed by atoms with Crippen LogP contribution in [0.15, 0.2) is 27.5 Å². The Hall–Kier alpha value is -2.48. The van der Waals surface area contributed by atoms with Crippen LogP contribution in [0.25, 0.3) is 23.0 Å². The zero-order valence-corrected chi connectivity index (χ0v) is 10.3. The Morgan fingerprint density at radius 1 is 1.42 bits per heavy atom. The fourth-order valence-electron chi connectivity index (χ4n) is 1.69. The minimum absolute atomic E-state index is 0.318. The van der Waals surface area contributed by atoms with E-state index in [2.05, 4.69) is 20.5 Å². The molecule has 2 N–H and O–H groups in total. The highest BCUT2D eigenvalue weighted by Gasteiger charge is 2.16. The molecule has 0 spiro atoms. The van der Waals surface area contributed by atoms with Crippen molar-refractivity contribution < 1.29 is 8.94 Å². The maximum absolute atomic E-state index is 5.44. The molecule has 3 aromatic heterocycles. The quantitative estimate of drug-likeness (QED) is 0.740. The molecule has 0 amide bonds. The van der Waals surface area contributed by atoms with Crippen LogP contribution >= 0.6 is 0 Å². The van der Waals surface area contributed by atoms with Gasteiger partial charge in [-0.2, -0.15) is 4.98 Å². The van der Waals surface area contributed by atoms with Crippen molar-refractivity contribution >= 4 is 0 Å². The SMILES string of the molecule is Cc1occc1-c1noc(-c2cn(CCN)nn2)n1. The van der Waals surface area contributed by atoms with E-state index in [4.69, 9.17) is 14.7 Å². The van der Waals surface area contributed by atoms with Crippen LogP contribution in [0.3, 0.4) is 0 Å². The Morgan fingerprint density at radius 2 is 2.32 bits per heavy atom. The largest absolute Gasteiger partial charge is 0.469 e. The van der Waals surface area contributed by atoms with Gasteiger partial charge in [-0.3, -0.25) is 4.68 Å². The molecule has 3 aromatic rings. The van der Waals surface area contributed by atoms with E-state index in [1.807, 2.05) is 6.92 Å². The van der Waals surface area contributed by atoms with Crippen molar-refractivity contribution in [2.24, 2.45) is 5.73 Å². The van der Waals surface area contributed by atoms with Crippen molar-refractivity contribution in [3.63, 3.8) is 0 Å². The minimum Gasteiger partial charge on any atom is -0.469 e. The van der Waals surface area contributed by atoms with Gasteiger partial charge < -0.3 is 14.7 Å². The third-order valence-corrected chi connectivity index (χ3v) is 2.64. The topological polar surface area (TPSA) is 109 Å². The van der Waals surface area contributed by atoms with Gasteiger partial charge in [0.2, 0.25) is 5.82 Å². The van der Waals surface area contributed by atoms with Gasteiger partial charge in [0.05, 0.1) is 24.6 Å². The summed E-state index contributed by atoms with van der Waals surface area (Å²) >= 11 is 0. The second-order valence-corrected chi connectivity index (χ2v) is 3.97. The molecule has 0 bridgehead atoms.